The Hall–Kier alpha value is -1.74. The maximum absolute atomic E-state index is 11.5. The fraction of sp³-hybridized carbons (Fsp3) is 0.444. The third kappa shape index (κ3) is 2.88. The highest BCUT2D eigenvalue weighted by molar-refractivity contribution is 7.51. The van der Waals surface area contributed by atoms with Gasteiger partial charge in [0.1, 0.15) is 0 Å². The van der Waals surface area contributed by atoms with Crippen molar-refractivity contribution in [2.24, 2.45) is 0 Å². The Kier molecular flexibility index (Phi) is 3.91. The summed E-state index contributed by atoms with van der Waals surface area (Å²) < 4.78 is 16.6. The third-order valence-corrected chi connectivity index (χ3v) is 3.40. The SMILES string of the molecule is CCCOC(c1nc(N)c2nc(N)[nH]c2n1)P(=O)(O)O. The number of fused-ring (bicyclic) bond motifs is 1. The molecule has 0 spiro atoms. The maximum Gasteiger partial charge on any atom is 0.361 e. The number of nitrogens with one attached hydrogen (secondary N) is 1. The van der Waals surface area contributed by atoms with Crippen LogP contribution in [-0.4, -0.2) is 36.3 Å². The molecule has 11 heteroatoms. The number of imidazole rings is 1. The number of ether oxygens (including phenoxy) is 1. The molecule has 0 saturated heterocycles. The number of H-pyrrole nitrogens is 1. The standard InChI is InChI=1S/C9H15N6O4P/c1-2-3-19-8(20(16,17)18)7-13-5(10)4-6(14-7)15-9(11)12-4/h8H,2-3H2,1H3,(H2,16,17,18)(H5,10,11,12,13,14,15). The molecule has 0 fully saturated rings. The summed E-state index contributed by atoms with van der Waals surface area (Å²) >= 11 is 0. The first-order valence-corrected chi connectivity index (χ1v) is 7.46. The van der Waals surface area contributed by atoms with Crippen molar-refractivity contribution in [1.82, 2.24) is 19.9 Å². The van der Waals surface area contributed by atoms with Crippen molar-refractivity contribution in [3.63, 3.8) is 0 Å². The summed E-state index contributed by atoms with van der Waals surface area (Å²) in [4.78, 5) is 33.0. The van der Waals surface area contributed by atoms with E-state index in [4.69, 9.17) is 16.2 Å². The highest BCUT2D eigenvalue weighted by Gasteiger charge is 2.34. The van der Waals surface area contributed by atoms with E-state index in [0.29, 0.717) is 6.42 Å². The zero-order chi connectivity index (χ0) is 14.9. The first kappa shape index (κ1) is 14.7. The molecule has 0 bridgehead atoms. The molecule has 0 aliphatic carbocycles. The van der Waals surface area contributed by atoms with Gasteiger partial charge in [-0.15, -0.1) is 0 Å². The highest BCUT2D eigenvalue weighted by Crippen LogP contribution is 2.51. The van der Waals surface area contributed by atoms with E-state index >= 15 is 0 Å². The first-order chi connectivity index (χ1) is 9.32. The fourth-order valence-electron chi connectivity index (χ4n) is 1.62. The lowest BCUT2D eigenvalue weighted by Gasteiger charge is -2.17. The first-order valence-electron chi connectivity index (χ1n) is 5.78. The summed E-state index contributed by atoms with van der Waals surface area (Å²) in [5, 5.41) is 0. The number of rotatable bonds is 5. The van der Waals surface area contributed by atoms with Crippen LogP contribution in [0.5, 0.6) is 0 Å². The van der Waals surface area contributed by atoms with Gasteiger partial charge in [-0.1, -0.05) is 6.92 Å². The van der Waals surface area contributed by atoms with Gasteiger partial charge in [0.2, 0.25) is 5.85 Å². The van der Waals surface area contributed by atoms with Gasteiger partial charge >= 0.3 is 7.60 Å². The topological polar surface area (TPSA) is 173 Å². The fourth-order valence-corrected chi connectivity index (χ4v) is 2.34. The van der Waals surface area contributed by atoms with E-state index in [1.807, 2.05) is 6.92 Å². The Bertz CT molecular complexity index is 668. The highest BCUT2D eigenvalue weighted by atomic mass is 31.2. The molecule has 2 heterocycles. The molecule has 0 saturated carbocycles. The van der Waals surface area contributed by atoms with Crippen molar-refractivity contribution in [3.8, 4) is 0 Å². The minimum atomic E-state index is -4.59. The number of aromatic amines is 1. The van der Waals surface area contributed by atoms with Crippen molar-refractivity contribution < 1.29 is 19.1 Å². The van der Waals surface area contributed by atoms with Gasteiger partial charge in [-0.3, -0.25) is 4.57 Å². The van der Waals surface area contributed by atoms with Crippen molar-refractivity contribution in [3.05, 3.63) is 5.82 Å². The Morgan fingerprint density at radius 3 is 2.65 bits per heavy atom. The van der Waals surface area contributed by atoms with Gasteiger partial charge in [-0.2, -0.15) is 0 Å². The zero-order valence-electron chi connectivity index (χ0n) is 10.6. The molecule has 0 aromatic carbocycles. The lowest BCUT2D eigenvalue weighted by atomic mass is 10.4. The van der Waals surface area contributed by atoms with Gasteiger partial charge in [0, 0.05) is 6.61 Å². The average Bonchev–Trinajstić information content (AvgIpc) is 2.69. The predicted octanol–water partition coefficient (Wildman–Crippen LogP) is 0.120. The number of hydrogen-bond acceptors (Lipinski definition) is 7. The zero-order valence-corrected chi connectivity index (χ0v) is 11.5. The Morgan fingerprint density at radius 1 is 1.35 bits per heavy atom. The summed E-state index contributed by atoms with van der Waals surface area (Å²) in [5.74, 6) is -1.73. The smallest absolute Gasteiger partial charge is 0.361 e. The largest absolute Gasteiger partial charge is 0.382 e. The van der Waals surface area contributed by atoms with Crippen LogP contribution in [0.3, 0.4) is 0 Å². The van der Waals surface area contributed by atoms with Gasteiger partial charge in [0.05, 0.1) is 0 Å². The monoisotopic (exact) mass is 302 g/mol. The lowest BCUT2D eigenvalue weighted by molar-refractivity contribution is 0.0811. The van der Waals surface area contributed by atoms with Crippen LogP contribution in [0.25, 0.3) is 11.2 Å². The van der Waals surface area contributed by atoms with Crippen LogP contribution in [0, 0.1) is 0 Å². The normalized spacial score (nSPS) is 13.8. The quantitative estimate of drug-likeness (QED) is 0.480. The summed E-state index contributed by atoms with van der Waals surface area (Å²) in [6.07, 6.45) is 0.589. The number of aromatic nitrogens is 4. The van der Waals surface area contributed by atoms with Gasteiger partial charge in [-0.25, -0.2) is 15.0 Å². The van der Waals surface area contributed by atoms with Gasteiger partial charge in [-0.05, 0) is 6.42 Å². The van der Waals surface area contributed by atoms with E-state index in [-0.39, 0.29) is 35.4 Å². The molecular weight excluding hydrogens is 287 g/mol. The molecular formula is C9H15N6O4P. The molecule has 10 nitrogen and oxygen atoms in total. The van der Waals surface area contributed by atoms with Crippen molar-refractivity contribution in [1.29, 1.82) is 0 Å². The molecule has 0 radical (unpaired) electrons. The van der Waals surface area contributed by atoms with E-state index in [1.54, 1.807) is 0 Å². The molecule has 20 heavy (non-hydrogen) atoms. The summed E-state index contributed by atoms with van der Waals surface area (Å²) in [7, 11) is -4.59. The summed E-state index contributed by atoms with van der Waals surface area (Å²) in [6, 6.07) is 0. The predicted molar refractivity (Wildman–Crippen MR) is 71.5 cm³/mol. The van der Waals surface area contributed by atoms with Crippen LogP contribution in [0.15, 0.2) is 0 Å². The Labute approximate surface area is 113 Å². The maximum atomic E-state index is 11.5. The molecule has 2 aromatic heterocycles. The Morgan fingerprint density at radius 2 is 2.05 bits per heavy atom. The summed E-state index contributed by atoms with van der Waals surface area (Å²) in [6.45, 7) is 1.97. The van der Waals surface area contributed by atoms with E-state index in [9.17, 15) is 14.4 Å². The van der Waals surface area contributed by atoms with Gasteiger partial charge in [0.25, 0.3) is 0 Å². The van der Waals surface area contributed by atoms with E-state index < -0.39 is 13.4 Å². The minimum Gasteiger partial charge on any atom is -0.382 e. The van der Waals surface area contributed by atoms with Crippen molar-refractivity contribution in [2.45, 2.75) is 19.2 Å². The van der Waals surface area contributed by atoms with Crippen LogP contribution in [0.1, 0.15) is 25.0 Å². The van der Waals surface area contributed by atoms with Crippen molar-refractivity contribution >= 4 is 30.5 Å². The minimum absolute atomic E-state index is 0.0310. The molecule has 7 N–H and O–H groups in total. The average molecular weight is 302 g/mol. The van der Waals surface area contributed by atoms with Crippen LogP contribution in [0.2, 0.25) is 0 Å². The number of nitrogens with two attached hydrogens (primary N) is 2. The second-order valence-corrected chi connectivity index (χ2v) is 5.75. The molecule has 0 aliphatic rings. The molecule has 1 unspecified atom stereocenters. The van der Waals surface area contributed by atoms with Crippen LogP contribution in [-0.2, 0) is 9.30 Å². The van der Waals surface area contributed by atoms with Crippen molar-refractivity contribution in [2.75, 3.05) is 18.1 Å². The number of nitrogens with zero attached hydrogens (tertiary/aromatic N) is 3. The lowest BCUT2D eigenvalue weighted by Crippen LogP contribution is -2.11. The van der Waals surface area contributed by atoms with Crippen LogP contribution >= 0.6 is 7.60 Å². The number of hydrogen-bond donors (Lipinski definition) is 5. The van der Waals surface area contributed by atoms with Crippen LogP contribution in [0.4, 0.5) is 11.8 Å². The second kappa shape index (κ2) is 5.33. The van der Waals surface area contributed by atoms with E-state index in [2.05, 4.69) is 19.9 Å². The van der Waals surface area contributed by atoms with E-state index in [0.717, 1.165) is 0 Å². The Balaban J connectivity index is 2.50. The van der Waals surface area contributed by atoms with Gasteiger partial charge in [0.15, 0.2) is 28.8 Å². The molecule has 2 aromatic rings. The third-order valence-electron chi connectivity index (χ3n) is 2.41. The second-order valence-electron chi connectivity index (χ2n) is 4.10. The van der Waals surface area contributed by atoms with Crippen LogP contribution < -0.4 is 11.5 Å². The molecule has 2 rings (SSSR count). The molecule has 110 valence electrons. The van der Waals surface area contributed by atoms with E-state index in [1.165, 1.54) is 0 Å². The molecule has 1 atom stereocenters. The number of nitrogen functional groups attached to an aromatic ring is 2. The molecule has 0 aliphatic heterocycles. The summed E-state index contributed by atoms with van der Waals surface area (Å²) in [5.41, 5.74) is 11.6. The number of anilines is 2. The van der Waals surface area contributed by atoms with Gasteiger partial charge < -0.3 is 31.0 Å². The molecule has 0 amide bonds.